The van der Waals surface area contributed by atoms with Crippen LogP contribution < -0.4 is 5.32 Å². The highest BCUT2D eigenvalue weighted by molar-refractivity contribution is 9.10. The second kappa shape index (κ2) is 7.05. The van der Waals surface area contributed by atoms with E-state index in [4.69, 9.17) is 4.74 Å². The molecule has 0 saturated carbocycles. The quantitative estimate of drug-likeness (QED) is 0.868. The molecule has 16 heavy (non-hydrogen) atoms. The van der Waals surface area contributed by atoms with Crippen molar-refractivity contribution in [1.82, 2.24) is 5.32 Å². The molecule has 1 aromatic carbocycles. The van der Waals surface area contributed by atoms with Crippen molar-refractivity contribution in [2.24, 2.45) is 5.92 Å². The van der Waals surface area contributed by atoms with E-state index >= 15 is 0 Å². The lowest BCUT2D eigenvalue weighted by Gasteiger charge is -2.23. The van der Waals surface area contributed by atoms with Crippen LogP contribution >= 0.6 is 15.9 Å². The van der Waals surface area contributed by atoms with Gasteiger partial charge in [-0.05, 0) is 30.7 Å². The topological polar surface area (TPSA) is 21.3 Å². The summed E-state index contributed by atoms with van der Waals surface area (Å²) < 4.78 is 6.36. The van der Waals surface area contributed by atoms with Crippen LogP contribution in [0.15, 0.2) is 28.7 Å². The number of methoxy groups -OCH3 is 1. The van der Waals surface area contributed by atoms with Crippen LogP contribution in [0.5, 0.6) is 0 Å². The van der Waals surface area contributed by atoms with Gasteiger partial charge >= 0.3 is 0 Å². The molecule has 90 valence electrons. The maximum Gasteiger partial charge on any atom is 0.0494 e. The number of halogens is 1. The highest BCUT2D eigenvalue weighted by atomic mass is 79.9. The summed E-state index contributed by atoms with van der Waals surface area (Å²) in [5.74, 6) is 1.01. The molecule has 0 heterocycles. The van der Waals surface area contributed by atoms with Gasteiger partial charge in [-0.3, -0.25) is 0 Å². The normalized spacial score (nSPS) is 14.8. The van der Waals surface area contributed by atoms with E-state index < -0.39 is 0 Å². The second-order valence-corrected chi connectivity index (χ2v) is 5.06. The molecule has 0 spiro atoms. The average molecular weight is 286 g/mol. The van der Waals surface area contributed by atoms with Crippen molar-refractivity contribution in [3.63, 3.8) is 0 Å². The maximum atomic E-state index is 5.24. The Morgan fingerprint density at radius 1 is 1.31 bits per heavy atom. The monoisotopic (exact) mass is 285 g/mol. The number of hydrogen-bond donors (Lipinski definition) is 1. The molecule has 0 aliphatic rings. The predicted molar refractivity (Wildman–Crippen MR) is 71.8 cm³/mol. The number of benzene rings is 1. The van der Waals surface area contributed by atoms with Crippen LogP contribution in [0.2, 0.25) is 0 Å². The van der Waals surface area contributed by atoms with E-state index in [9.17, 15) is 0 Å². The molecule has 0 radical (unpaired) electrons. The number of nitrogens with one attached hydrogen (secondary N) is 1. The van der Waals surface area contributed by atoms with Gasteiger partial charge in [0, 0.05) is 30.7 Å². The Kier molecular flexibility index (Phi) is 6.03. The molecule has 2 unspecified atom stereocenters. The Balaban J connectivity index is 2.79. The zero-order valence-corrected chi connectivity index (χ0v) is 11.8. The molecule has 0 aliphatic heterocycles. The summed E-state index contributed by atoms with van der Waals surface area (Å²) >= 11 is 3.46. The Bertz CT molecular complexity index is 299. The largest absolute Gasteiger partial charge is 0.384 e. The Morgan fingerprint density at radius 2 is 1.94 bits per heavy atom. The van der Waals surface area contributed by atoms with Crippen molar-refractivity contribution >= 4 is 15.9 Å². The highest BCUT2D eigenvalue weighted by Crippen LogP contribution is 2.25. The van der Waals surface area contributed by atoms with Gasteiger partial charge in [0.25, 0.3) is 0 Å². The van der Waals surface area contributed by atoms with Gasteiger partial charge in [0.05, 0.1) is 0 Å². The molecule has 2 atom stereocenters. The summed E-state index contributed by atoms with van der Waals surface area (Å²) in [6.45, 7) is 4.00. The van der Waals surface area contributed by atoms with Crippen LogP contribution in [0, 0.1) is 5.92 Å². The third-order valence-electron chi connectivity index (χ3n) is 2.84. The van der Waals surface area contributed by atoms with Crippen LogP contribution in [0.4, 0.5) is 0 Å². The number of likely N-dealkylation sites (N-methyl/N-ethyl adjacent to an activating group) is 1. The molecule has 0 fully saturated rings. The third kappa shape index (κ3) is 3.89. The van der Waals surface area contributed by atoms with Crippen LogP contribution in [0.1, 0.15) is 18.4 Å². The van der Waals surface area contributed by atoms with Gasteiger partial charge in [-0.1, -0.05) is 35.0 Å². The first kappa shape index (κ1) is 13.7. The van der Waals surface area contributed by atoms with E-state index in [2.05, 4.69) is 52.4 Å². The fraction of sp³-hybridized carbons (Fsp3) is 0.538. The van der Waals surface area contributed by atoms with E-state index in [-0.39, 0.29) is 0 Å². The summed E-state index contributed by atoms with van der Waals surface area (Å²) in [4.78, 5) is 0. The van der Waals surface area contributed by atoms with Gasteiger partial charge in [0.1, 0.15) is 0 Å². The summed E-state index contributed by atoms with van der Waals surface area (Å²) in [5, 5.41) is 3.25. The summed E-state index contributed by atoms with van der Waals surface area (Å²) in [6.07, 6.45) is 0. The lowest BCUT2D eigenvalue weighted by molar-refractivity contribution is 0.146. The predicted octanol–water partition coefficient (Wildman–Crippen LogP) is 3.03. The first-order valence-corrected chi connectivity index (χ1v) is 6.37. The van der Waals surface area contributed by atoms with E-state index in [1.54, 1.807) is 7.11 Å². The zero-order valence-electron chi connectivity index (χ0n) is 10.2. The molecule has 1 aromatic rings. The van der Waals surface area contributed by atoms with Crippen molar-refractivity contribution in [3.8, 4) is 0 Å². The molecule has 1 N–H and O–H groups in total. The van der Waals surface area contributed by atoms with E-state index in [1.165, 1.54) is 5.56 Å². The highest BCUT2D eigenvalue weighted by Gasteiger charge is 2.18. The standard InChI is InChI=1S/C13H20BrNO/c1-10(9-16-3)13(8-15-2)11-4-6-12(14)7-5-11/h4-7,10,13,15H,8-9H2,1-3H3. The fourth-order valence-corrected chi connectivity index (χ4v) is 2.22. The molecule has 0 aliphatic carbocycles. The van der Waals surface area contributed by atoms with E-state index in [0.29, 0.717) is 11.8 Å². The zero-order chi connectivity index (χ0) is 12.0. The number of ether oxygens (including phenoxy) is 1. The fourth-order valence-electron chi connectivity index (χ4n) is 1.96. The minimum Gasteiger partial charge on any atom is -0.384 e. The van der Waals surface area contributed by atoms with Crippen molar-refractivity contribution in [1.29, 1.82) is 0 Å². The molecule has 3 heteroatoms. The van der Waals surface area contributed by atoms with Crippen LogP contribution in [-0.4, -0.2) is 27.3 Å². The molecule has 0 amide bonds. The van der Waals surface area contributed by atoms with Crippen LogP contribution in [0.25, 0.3) is 0 Å². The van der Waals surface area contributed by atoms with Crippen molar-refractivity contribution in [3.05, 3.63) is 34.3 Å². The lowest BCUT2D eigenvalue weighted by Crippen LogP contribution is -2.25. The average Bonchev–Trinajstić information content (AvgIpc) is 2.28. The Morgan fingerprint density at radius 3 is 2.44 bits per heavy atom. The number of rotatable bonds is 6. The molecular weight excluding hydrogens is 266 g/mol. The van der Waals surface area contributed by atoms with Gasteiger partial charge in [0.2, 0.25) is 0 Å². The SMILES string of the molecule is CNCC(c1ccc(Br)cc1)C(C)COC. The summed E-state index contributed by atoms with van der Waals surface area (Å²) in [5.41, 5.74) is 1.36. The van der Waals surface area contributed by atoms with Crippen LogP contribution in [0.3, 0.4) is 0 Å². The van der Waals surface area contributed by atoms with Gasteiger partial charge < -0.3 is 10.1 Å². The van der Waals surface area contributed by atoms with E-state index in [0.717, 1.165) is 17.6 Å². The van der Waals surface area contributed by atoms with Gasteiger partial charge in [0.15, 0.2) is 0 Å². The van der Waals surface area contributed by atoms with E-state index in [1.807, 2.05) is 7.05 Å². The minimum atomic E-state index is 0.498. The van der Waals surface area contributed by atoms with Crippen LogP contribution in [-0.2, 0) is 4.74 Å². The summed E-state index contributed by atoms with van der Waals surface area (Å²) in [7, 11) is 3.75. The molecule has 0 saturated heterocycles. The first-order valence-electron chi connectivity index (χ1n) is 5.58. The Hall–Kier alpha value is -0.380. The third-order valence-corrected chi connectivity index (χ3v) is 3.37. The maximum absolute atomic E-state index is 5.24. The van der Waals surface area contributed by atoms with Crippen molar-refractivity contribution < 1.29 is 4.74 Å². The van der Waals surface area contributed by atoms with Gasteiger partial charge in [-0.25, -0.2) is 0 Å². The minimum absolute atomic E-state index is 0.498. The van der Waals surface area contributed by atoms with Gasteiger partial charge in [-0.2, -0.15) is 0 Å². The molecule has 0 bridgehead atoms. The van der Waals surface area contributed by atoms with Crippen molar-refractivity contribution in [2.45, 2.75) is 12.8 Å². The summed E-state index contributed by atoms with van der Waals surface area (Å²) in [6, 6.07) is 8.55. The lowest BCUT2D eigenvalue weighted by atomic mass is 9.87. The molecule has 1 rings (SSSR count). The molecule has 0 aromatic heterocycles. The molecular formula is C13H20BrNO. The second-order valence-electron chi connectivity index (χ2n) is 4.15. The van der Waals surface area contributed by atoms with Gasteiger partial charge in [-0.15, -0.1) is 0 Å². The Labute approximate surface area is 107 Å². The first-order chi connectivity index (χ1) is 7.69. The van der Waals surface area contributed by atoms with Crippen molar-refractivity contribution in [2.75, 3.05) is 27.3 Å². The molecule has 2 nitrogen and oxygen atoms in total. The smallest absolute Gasteiger partial charge is 0.0494 e. The number of hydrogen-bond acceptors (Lipinski definition) is 2.